The molecule has 1 saturated heterocycles. The van der Waals surface area contributed by atoms with Gasteiger partial charge in [-0.3, -0.25) is 9.47 Å². The van der Waals surface area contributed by atoms with Crippen molar-refractivity contribution in [1.82, 2.24) is 9.97 Å². The third-order valence-electron chi connectivity index (χ3n) is 5.49. The highest BCUT2D eigenvalue weighted by atomic mass is 35.5. The number of pyridine rings is 2. The fraction of sp³-hybridized carbons (Fsp3) is 0.526. The van der Waals surface area contributed by atoms with Crippen LogP contribution >= 0.6 is 11.6 Å². The summed E-state index contributed by atoms with van der Waals surface area (Å²) < 4.78 is 15.3. The van der Waals surface area contributed by atoms with Crippen molar-refractivity contribution < 1.29 is 18.8 Å². The fourth-order valence-electron chi connectivity index (χ4n) is 3.88. The lowest BCUT2D eigenvalue weighted by molar-refractivity contribution is -0.928. The molecule has 27 heavy (non-hydrogen) atoms. The van der Waals surface area contributed by atoms with E-state index in [2.05, 4.69) is 15.3 Å². The molecular formula is C19H24ClFN4O2. The largest absolute Gasteiger partial charge is 0.498 e. The third kappa shape index (κ3) is 3.71. The standard InChI is InChI=1S/C19H24ClFN4O2/c1-18(2,3)25(17(26)27)9-5-7-19(21,12-25)11-23-16-13-6-4-8-22-14(13)10-15(20)24-16/h4,6,8,10H,5,7,9,11-12H2,1-3H3,(H-,22,23,24,26,27)/t19-,25?/m1/s1. The van der Waals surface area contributed by atoms with Crippen molar-refractivity contribution >= 4 is 34.4 Å². The van der Waals surface area contributed by atoms with Gasteiger partial charge in [-0.1, -0.05) is 11.6 Å². The molecular weight excluding hydrogens is 371 g/mol. The number of nitrogens with zero attached hydrogens (tertiary/aromatic N) is 3. The van der Waals surface area contributed by atoms with Crippen LogP contribution in [0.15, 0.2) is 24.4 Å². The molecule has 1 aliphatic heterocycles. The van der Waals surface area contributed by atoms with Gasteiger partial charge in [0.05, 0.1) is 24.1 Å². The molecule has 6 nitrogen and oxygen atoms in total. The Balaban J connectivity index is 1.87. The summed E-state index contributed by atoms with van der Waals surface area (Å²) in [5.74, 6) is 0.440. The topological polar surface area (TPSA) is 77.9 Å². The lowest BCUT2D eigenvalue weighted by Crippen LogP contribution is -2.73. The van der Waals surface area contributed by atoms with Crippen LogP contribution in [-0.2, 0) is 0 Å². The molecule has 0 aromatic carbocycles. The Morgan fingerprint density at radius 3 is 2.89 bits per heavy atom. The summed E-state index contributed by atoms with van der Waals surface area (Å²) in [5, 5.41) is 16.0. The predicted molar refractivity (Wildman–Crippen MR) is 101 cm³/mol. The summed E-state index contributed by atoms with van der Waals surface area (Å²) in [6.45, 7) is 5.56. The van der Waals surface area contributed by atoms with Crippen molar-refractivity contribution in [3.8, 4) is 0 Å². The van der Waals surface area contributed by atoms with Crippen molar-refractivity contribution in [1.29, 1.82) is 0 Å². The van der Waals surface area contributed by atoms with Crippen LogP contribution in [0.2, 0.25) is 5.15 Å². The number of carbonyl (C=O) groups excluding carboxylic acids is 1. The SMILES string of the molecule is CC(C)(C)[N+]1(C(=O)[O-])CCC[C@@](F)(CNc2nc(Cl)cc3ncccc23)C1. The molecule has 1 unspecified atom stereocenters. The van der Waals surface area contributed by atoms with Crippen molar-refractivity contribution in [2.75, 3.05) is 25.0 Å². The number of amides is 1. The molecule has 1 N–H and O–H groups in total. The van der Waals surface area contributed by atoms with Gasteiger partial charge in [-0.25, -0.2) is 9.37 Å². The van der Waals surface area contributed by atoms with E-state index in [0.29, 0.717) is 24.3 Å². The maximum absolute atomic E-state index is 15.7. The maximum atomic E-state index is 15.7. The van der Waals surface area contributed by atoms with Crippen LogP contribution in [0.1, 0.15) is 33.6 Å². The molecule has 2 atom stereocenters. The van der Waals surface area contributed by atoms with Crippen LogP contribution in [0.4, 0.5) is 15.0 Å². The molecule has 3 rings (SSSR count). The number of carbonyl (C=O) groups is 1. The quantitative estimate of drug-likeness (QED) is 0.639. The summed E-state index contributed by atoms with van der Waals surface area (Å²) in [5.41, 5.74) is -1.71. The van der Waals surface area contributed by atoms with E-state index in [9.17, 15) is 9.90 Å². The molecule has 1 fully saturated rings. The summed E-state index contributed by atoms with van der Waals surface area (Å²) in [6.07, 6.45) is 1.16. The van der Waals surface area contributed by atoms with Gasteiger partial charge >= 0.3 is 0 Å². The molecule has 2 aromatic heterocycles. The minimum atomic E-state index is -1.70. The summed E-state index contributed by atoms with van der Waals surface area (Å²) in [6, 6.07) is 5.24. The monoisotopic (exact) mass is 394 g/mol. The van der Waals surface area contributed by atoms with Gasteiger partial charge in [0.15, 0.2) is 5.67 Å². The smallest absolute Gasteiger partial charge is 0.257 e. The first-order valence-corrected chi connectivity index (χ1v) is 9.37. The average molecular weight is 395 g/mol. The predicted octanol–water partition coefficient (Wildman–Crippen LogP) is 3.16. The van der Waals surface area contributed by atoms with Crippen LogP contribution in [0.5, 0.6) is 0 Å². The Morgan fingerprint density at radius 1 is 1.48 bits per heavy atom. The number of carboxylic acid groups (broad SMARTS) is 1. The highest BCUT2D eigenvalue weighted by molar-refractivity contribution is 6.30. The van der Waals surface area contributed by atoms with Crippen LogP contribution in [0.3, 0.4) is 0 Å². The molecule has 0 aliphatic carbocycles. The zero-order chi connectivity index (χ0) is 19.9. The van der Waals surface area contributed by atoms with Gasteiger partial charge in [0.1, 0.15) is 17.5 Å². The molecule has 0 radical (unpaired) electrons. The van der Waals surface area contributed by atoms with E-state index >= 15 is 4.39 Å². The Morgan fingerprint density at radius 2 is 2.22 bits per heavy atom. The highest BCUT2D eigenvalue weighted by Gasteiger charge is 2.52. The van der Waals surface area contributed by atoms with E-state index in [4.69, 9.17) is 11.6 Å². The second kappa shape index (κ2) is 6.87. The zero-order valence-electron chi connectivity index (χ0n) is 15.8. The zero-order valence-corrected chi connectivity index (χ0v) is 16.5. The molecule has 0 bridgehead atoms. The Labute approximate surface area is 163 Å². The first-order valence-electron chi connectivity index (χ1n) is 8.99. The van der Waals surface area contributed by atoms with Gasteiger partial charge in [0, 0.05) is 24.1 Å². The second-order valence-electron chi connectivity index (χ2n) is 8.26. The molecule has 0 saturated carbocycles. The number of nitrogens with one attached hydrogen (secondary N) is 1. The van der Waals surface area contributed by atoms with Gasteiger partial charge in [-0.15, -0.1) is 0 Å². The van der Waals surface area contributed by atoms with Gasteiger partial charge in [0.2, 0.25) is 0 Å². The number of rotatable bonds is 3. The third-order valence-corrected chi connectivity index (χ3v) is 5.69. The van der Waals surface area contributed by atoms with E-state index in [1.807, 2.05) is 6.07 Å². The van der Waals surface area contributed by atoms with Crippen LogP contribution < -0.4 is 10.4 Å². The molecule has 8 heteroatoms. The van der Waals surface area contributed by atoms with Gasteiger partial charge in [-0.05, 0) is 39.3 Å². The molecule has 1 aliphatic rings. The molecule has 2 aromatic rings. The number of aromatic nitrogens is 2. The fourth-order valence-corrected chi connectivity index (χ4v) is 4.06. The maximum Gasteiger partial charge on any atom is 0.257 e. The van der Waals surface area contributed by atoms with E-state index < -0.39 is 21.8 Å². The number of likely N-dealkylation sites (tertiary alicyclic amines) is 1. The number of hydrogen-bond acceptors (Lipinski definition) is 5. The number of fused-ring (bicyclic) bond motifs is 1. The Bertz CT molecular complexity index is 872. The van der Waals surface area contributed by atoms with Crippen LogP contribution in [0.25, 0.3) is 10.9 Å². The van der Waals surface area contributed by atoms with Crippen molar-refractivity contribution in [2.24, 2.45) is 0 Å². The number of halogens is 2. The minimum absolute atomic E-state index is 0.0618. The van der Waals surface area contributed by atoms with E-state index in [1.54, 1.807) is 39.1 Å². The number of quaternary nitrogens is 1. The van der Waals surface area contributed by atoms with Gasteiger partial charge in [0.25, 0.3) is 6.09 Å². The minimum Gasteiger partial charge on any atom is -0.498 e. The Hall–Kier alpha value is -1.99. The Kier molecular flexibility index (Phi) is 5.03. The lowest BCUT2D eigenvalue weighted by atomic mass is 9.87. The van der Waals surface area contributed by atoms with Gasteiger partial charge < -0.3 is 15.2 Å². The van der Waals surface area contributed by atoms with Crippen molar-refractivity contribution in [3.63, 3.8) is 0 Å². The first kappa shape index (κ1) is 19.8. The lowest BCUT2D eigenvalue weighted by Gasteiger charge is -2.53. The number of anilines is 1. The number of piperidine rings is 1. The summed E-state index contributed by atoms with van der Waals surface area (Å²) >= 11 is 6.05. The van der Waals surface area contributed by atoms with Crippen molar-refractivity contribution in [2.45, 2.75) is 44.8 Å². The molecule has 1 amide bonds. The van der Waals surface area contributed by atoms with Crippen LogP contribution in [0, 0.1) is 0 Å². The second-order valence-corrected chi connectivity index (χ2v) is 8.65. The molecule has 3 heterocycles. The number of alkyl halides is 1. The highest BCUT2D eigenvalue weighted by Crippen LogP contribution is 2.37. The molecule has 0 spiro atoms. The van der Waals surface area contributed by atoms with E-state index in [1.165, 1.54) is 0 Å². The van der Waals surface area contributed by atoms with E-state index in [-0.39, 0.29) is 24.7 Å². The number of hydrogen-bond donors (Lipinski definition) is 1. The van der Waals surface area contributed by atoms with Crippen LogP contribution in [-0.4, -0.2) is 51.4 Å². The first-order chi connectivity index (χ1) is 12.6. The summed E-state index contributed by atoms with van der Waals surface area (Å²) in [4.78, 5) is 20.4. The van der Waals surface area contributed by atoms with Gasteiger partial charge in [-0.2, -0.15) is 0 Å². The van der Waals surface area contributed by atoms with Crippen molar-refractivity contribution in [3.05, 3.63) is 29.5 Å². The normalized spacial score (nSPS) is 26.1. The molecule has 146 valence electrons. The van der Waals surface area contributed by atoms with E-state index in [0.717, 1.165) is 5.39 Å². The average Bonchev–Trinajstić information content (AvgIpc) is 2.58. The summed E-state index contributed by atoms with van der Waals surface area (Å²) in [7, 11) is 0.